The van der Waals surface area contributed by atoms with Crippen LogP contribution in [0.4, 0.5) is 0 Å². The number of methoxy groups -OCH3 is 1. The largest absolute Gasteiger partial charge is 0.497 e. The van der Waals surface area contributed by atoms with Crippen LogP contribution in [0, 0.1) is 0 Å². The molecule has 0 aliphatic rings. The molecule has 1 aromatic carbocycles. The third-order valence-electron chi connectivity index (χ3n) is 2.01. The molecule has 0 saturated heterocycles. The van der Waals surface area contributed by atoms with E-state index in [-0.39, 0.29) is 5.97 Å². The molecule has 0 aromatic heterocycles. The predicted molar refractivity (Wildman–Crippen MR) is 67.8 cm³/mol. The van der Waals surface area contributed by atoms with Crippen molar-refractivity contribution in [2.45, 2.75) is 6.92 Å². The summed E-state index contributed by atoms with van der Waals surface area (Å²) in [5.74, 6) is 0.476. The third-order valence-corrected chi connectivity index (χ3v) is 2.01. The highest BCUT2D eigenvalue weighted by atomic mass is 16.5. The molecule has 0 spiro atoms. The smallest absolute Gasteiger partial charge is 0.330 e. The maximum Gasteiger partial charge on any atom is 0.330 e. The molecular weight excluding hydrogens is 216 g/mol. The Hall–Kier alpha value is -2.03. The van der Waals surface area contributed by atoms with Crippen LogP contribution in [0.2, 0.25) is 0 Å². The molecule has 17 heavy (non-hydrogen) atoms. The van der Waals surface area contributed by atoms with E-state index in [1.807, 2.05) is 30.3 Å². The van der Waals surface area contributed by atoms with E-state index in [0.29, 0.717) is 6.61 Å². The summed E-state index contributed by atoms with van der Waals surface area (Å²) in [6.07, 6.45) is 6.71. The highest BCUT2D eigenvalue weighted by Gasteiger charge is 1.92. The maximum atomic E-state index is 11.0. The number of carbonyl (C=O) groups is 1. The van der Waals surface area contributed by atoms with Gasteiger partial charge < -0.3 is 9.47 Å². The fourth-order valence-corrected chi connectivity index (χ4v) is 1.24. The Morgan fingerprint density at radius 1 is 1.35 bits per heavy atom. The van der Waals surface area contributed by atoms with Gasteiger partial charge in [0.05, 0.1) is 13.7 Å². The molecular formula is C14H16O3. The van der Waals surface area contributed by atoms with E-state index in [2.05, 4.69) is 0 Å². The zero-order valence-electron chi connectivity index (χ0n) is 10.1. The molecule has 1 aromatic rings. The van der Waals surface area contributed by atoms with Crippen LogP contribution in [0.5, 0.6) is 5.75 Å². The van der Waals surface area contributed by atoms with Crippen molar-refractivity contribution < 1.29 is 14.3 Å². The summed E-state index contributed by atoms with van der Waals surface area (Å²) in [6, 6.07) is 7.66. The van der Waals surface area contributed by atoms with Crippen LogP contribution >= 0.6 is 0 Å². The summed E-state index contributed by atoms with van der Waals surface area (Å²) < 4.78 is 9.86. The van der Waals surface area contributed by atoms with Gasteiger partial charge in [0.2, 0.25) is 0 Å². The Morgan fingerprint density at radius 3 is 2.88 bits per heavy atom. The summed E-state index contributed by atoms with van der Waals surface area (Å²) in [4.78, 5) is 11.0. The van der Waals surface area contributed by atoms with E-state index in [1.165, 1.54) is 6.08 Å². The SMILES string of the molecule is CCOC(=O)C=CC=Cc1cccc(OC)c1. The molecule has 3 nitrogen and oxygen atoms in total. The molecule has 0 aliphatic heterocycles. The molecule has 0 saturated carbocycles. The van der Waals surface area contributed by atoms with Crippen molar-refractivity contribution in [2.24, 2.45) is 0 Å². The summed E-state index contributed by atoms with van der Waals surface area (Å²) in [5, 5.41) is 0. The number of esters is 1. The van der Waals surface area contributed by atoms with E-state index < -0.39 is 0 Å². The fourth-order valence-electron chi connectivity index (χ4n) is 1.24. The number of benzene rings is 1. The summed E-state index contributed by atoms with van der Waals surface area (Å²) in [5.41, 5.74) is 1.01. The quantitative estimate of drug-likeness (QED) is 0.445. The number of hydrogen-bond donors (Lipinski definition) is 0. The van der Waals surface area contributed by atoms with Crippen LogP contribution in [0.3, 0.4) is 0 Å². The molecule has 3 heteroatoms. The molecule has 0 aliphatic carbocycles. The second-order valence-electron chi connectivity index (χ2n) is 3.25. The van der Waals surface area contributed by atoms with E-state index in [4.69, 9.17) is 9.47 Å². The molecule has 0 heterocycles. The Bertz CT molecular complexity index is 419. The number of hydrogen-bond acceptors (Lipinski definition) is 3. The van der Waals surface area contributed by atoms with E-state index in [1.54, 1.807) is 26.2 Å². The molecule has 0 fully saturated rings. The van der Waals surface area contributed by atoms with Crippen LogP contribution in [-0.2, 0) is 9.53 Å². The average Bonchev–Trinajstić information content (AvgIpc) is 2.35. The Labute approximate surface area is 101 Å². The van der Waals surface area contributed by atoms with Crippen molar-refractivity contribution in [3.63, 3.8) is 0 Å². The summed E-state index contributed by atoms with van der Waals surface area (Å²) in [7, 11) is 1.63. The molecule has 0 bridgehead atoms. The first-order valence-electron chi connectivity index (χ1n) is 5.42. The number of carbonyl (C=O) groups excluding carboxylic acids is 1. The van der Waals surface area contributed by atoms with Crippen molar-refractivity contribution in [3.05, 3.63) is 48.1 Å². The zero-order chi connectivity index (χ0) is 12.5. The fraction of sp³-hybridized carbons (Fsp3) is 0.214. The summed E-state index contributed by atoms with van der Waals surface area (Å²) >= 11 is 0. The second-order valence-corrected chi connectivity index (χ2v) is 3.25. The van der Waals surface area contributed by atoms with Gasteiger partial charge in [0.15, 0.2) is 0 Å². The lowest BCUT2D eigenvalue weighted by atomic mass is 10.2. The van der Waals surface area contributed by atoms with Crippen LogP contribution in [-0.4, -0.2) is 19.7 Å². The van der Waals surface area contributed by atoms with Crippen LogP contribution in [0.25, 0.3) is 6.08 Å². The van der Waals surface area contributed by atoms with E-state index in [0.717, 1.165) is 11.3 Å². The van der Waals surface area contributed by atoms with Crippen LogP contribution in [0.15, 0.2) is 42.5 Å². The minimum absolute atomic E-state index is 0.331. The highest BCUT2D eigenvalue weighted by molar-refractivity contribution is 5.82. The lowest BCUT2D eigenvalue weighted by Gasteiger charge is -1.99. The van der Waals surface area contributed by atoms with E-state index in [9.17, 15) is 4.79 Å². The van der Waals surface area contributed by atoms with Crippen LogP contribution in [0.1, 0.15) is 12.5 Å². The normalized spacial score (nSPS) is 10.9. The average molecular weight is 232 g/mol. The standard InChI is InChI=1S/C14H16O3/c1-3-17-14(15)10-5-4-7-12-8-6-9-13(11-12)16-2/h4-11H,3H2,1-2H3. The van der Waals surface area contributed by atoms with E-state index >= 15 is 0 Å². The van der Waals surface area contributed by atoms with Crippen molar-refractivity contribution in [1.82, 2.24) is 0 Å². The molecule has 90 valence electrons. The van der Waals surface area contributed by atoms with Gasteiger partial charge in [-0.2, -0.15) is 0 Å². The van der Waals surface area contributed by atoms with Gasteiger partial charge in [-0.15, -0.1) is 0 Å². The first kappa shape index (κ1) is 13.0. The van der Waals surface area contributed by atoms with Gasteiger partial charge in [-0.05, 0) is 24.6 Å². The maximum absolute atomic E-state index is 11.0. The molecule has 0 atom stereocenters. The lowest BCUT2D eigenvalue weighted by Crippen LogP contribution is -1.98. The van der Waals surface area contributed by atoms with Gasteiger partial charge in [-0.25, -0.2) is 4.79 Å². The Morgan fingerprint density at radius 2 is 2.18 bits per heavy atom. The molecule has 0 unspecified atom stereocenters. The van der Waals surface area contributed by atoms with Gasteiger partial charge >= 0.3 is 5.97 Å². The molecule has 0 N–H and O–H groups in total. The van der Waals surface area contributed by atoms with Gasteiger partial charge in [-0.1, -0.05) is 30.4 Å². The molecule has 1 rings (SSSR count). The second kappa shape index (κ2) is 7.28. The minimum atomic E-state index is -0.331. The van der Waals surface area contributed by atoms with Crippen LogP contribution < -0.4 is 4.74 Å². The van der Waals surface area contributed by atoms with Gasteiger partial charge in [0.1, 0.15) is 5.75 Å². The van der Waals surface area contributed by atoms with Crippen molar-refractivity contribution >= 4 is 12.0 Å². The van der Waals surface area contributed by atoms with Crippen molar-refractivity contribution in [3.8, 4) is 5.75 Å². The van der Waals surface area contributed by atoms with Gasteiger partial charge in [-0.3, -0.25) is 0 Å². The highest BCUT2D eigenvalue weighted by Crippen LogP contribution is 2.13. The number of allylic oxidation sites excluding steroid dienone is 2. The predicted octanol–water partition coefficient (Wildman–Crippen LogP) is 2.83. The van der Waals surface area contributed by atoms with Crippen molar-refractivity contribution in [1.29, 1.82) is 0 Å². The summed E-state index contributed by atoms with van der Waals surface area (Å²) in [6.45, 7) is 2.17. The first-order valence-corrected chi connectivity index (χ1v) is 5.42. The third kappa shape index (κ3) is 5.02. The topological polar surface area (TPSA) is 35.5 Å². The number of rotatable bonds is 5. The monoisotopic (exact) mass is 232 g/mol. The van der Waals surface area contributed by atoms with Gasteiger partial charge in [0.25, 0.3) is 0 Å². The van der Waals surface area contributed by atoms with Gasteiger partial charge in [0, 0.05) is 6.08 Å². The Balaban J connectivity index is 2.55. The molecule has 0 radical (unpaired) electrons. The lowest BCUT2D eigenvalue weighted by molar-refractivity contribution is -0.137. The number of ether oxygens (including phenoxy) is 2. The first-order chi connectivity index (χ1) is 8.26. The minimum Gasteiger partial charge on any atom is -0.497 e. The van der Waals surface area contributed by atoms with Crippen molar-refractivity contribution in [2.75, 3.05) is 13.7 Å². The molecule has 0 amide bonds. The Kier molecular flexibility index (Phi) is 5.58. The zero-order valence-corrected chi connectivity index (χ0v) is 10.1.